The predicted molar refractivity (Wildman–Crippen MR) is 125 cm³/mol. The van der Waals surface area contributed by atoms with Crippen LogP contribution < -0.4 is 25.8 Å². The van der Waals surface area contributed by atoms with Crippen LogP contribution in [0.5, 0.6) is 11.6 Å². The number of hydrogen-bond donors (Lipinski definition) is 2. The number of fused-ring (bicyclic) bond motifs is 2. The number of ether oxygens (including phenoxy) is 1. The van der Waals surface area contributed by atoms with E-state index >= 15 is 0 Å². The zero-order valence-corrected chi connectivity index (χ0v) is 19.0. The number of nitrogens with zero attached hydrogens (tertiary/aromatic N) is 3. The van der Waals surface area contributed by atoms with Crippen molar-refractivity contribution in [2.45, 2.75) is 46.0 Å². The van der Waals surface area contributed by atoms with Crippen LogP contribution in [0.15, 0.2) is 15.7 Å². The fourth-order valence-corrected chi connectivity index (χ4v) is 5.16. The highest BCUT2D eigenvalue weighted by molar-refractivity contribution is 5.82. The Morgan fingerprint density at radius 1 is 0.939 bits per heavy atom. The van der Waals surface area contributed by atoms with Gasteiger partial charge in [0.2, 0.25) is 11.6 Å². The first kappa shape index (κ1) is 21.5. The van der Waals surface area contributed by atoms with E-state index in [1.165, 1.54) is 0 Å². The van der Waals surface area contributed by atoms with E-state index in [0.29, 0.717) is 23.1 Å². The van der Waals surface area contributed by atoms with Crippen LogP contribution in [0.3, 0.4) is 0 Å². The summed E-state index contributed by atoms with van der Waals surface area (Å²) in [6, 6.07) is 1.93. The standard InChI is InChI=1S/C23H29N5O5/c1-13-3-7-26(8-4-13)17-12-18(27-9-5-14(2)6-10-27)19(28(31)32)20-15(17)11-16-21(29)24-23(30)25-22(16)33-20/h12-14H,3-11H2,1-2H3,(H2,24,25,29,30). The summed E-state index contributed by atoms with van der Waals surface area (Å²) in [6.07, 6.45) is 4.17. The molecule has 176 valence electrons. The summed E-state index contributed by atoms with van der Waals surface area (Å²) in [5, 5.41) is 12.3. The molecule has 3 aliphatic rings. The Morgan fingerprint density at radius 2 is 1.52 bits per heavy atom. The molecule has 0 radical (unpaired) electrons. The molecule has 2 N–H and O–H groups in total. The fourth-order valence-electron chi connectivity index (χ4n) is 5.16. The smallest absolute Gasteiger partial charge is 0.335 e. The first-order valence-corrected chi connectivity index (χ1v) is 11.7. The number of benzene rings is 1. The van der Waals surface area contributed by atoms with Gasteiger partial charge in [-0.25, -0.2) is 4.79 Å². The summed E-state index contributed by atoms with van der Waals surface area (Å²) in [5.41, 5.74) is 1.02. The van der Waals surface area contributed by atoms with E-state index in [1.54, 1.807) is 0 Å². The maximum atomic E-state index is 12.5. The van der Waals surface area contributed by atoms with Crippen molar-refractivity contribution in [3.63, 3.8) is 0 Å². The van der Waals surface area contributed by atoms with E-state index in [9.17, 15) is 19.7 Å². The van der Waals surface area contributed by atoms with Crippen molar-refractivity contribution < 1.29 is 9.66 Å². The molecular weight excluding hydrogens is 426 g/mol. The van der Waals surface area contributed by atoms with E-state index in [0.717, 1.165) is 57.5 Å². The maximum Gasteiger partial charge on any atom is 0.335 e. The van der Waals surface area contributed by atoms with E-state index in [4.69, 9.17) is 4.74 Å². The van der Waals surface area contributed by atoms with Gasteiger partial charge in [-0.2, -0.15) is 0 Å². The lowest BCUT2D eigenvalue weighted by Crippen LogP contribution is -2.36. The molecule has 3 aliphatic heterocycles. The van der Waals surface area contributed by atoms with Gasteiger partial charge in [0.15, 0.2) is 0 Å². The molecule has 1 aromatic carbocycles. The number of nitro groups is 1. The van der Waals surface area contributed by atoms with Crippen LogP contribution in [0.25, 0.3) is 0 Å². The van der Waals surface area contributed by atoms with Gasteiger partial charge in [-0.15, -0.1) is 0 Å². The molecule has 2 aromatic rings. The molecule has 0 spiro atoms. The summed E-state index contributed by atoms with van der Waals surface area (Å²) in [6.45, 7) is 7.60. The van der Waals surface area contributed by atoms with E-state index in [-0.39, 0.29) is 29.3 Å². The van der Waals surface area contributed by atoms with Crippen LogP contribution in [-0.2, 0) is 6.42 Å². The van der Waals surface area contributed by atoms with Gasteiger partial charge in [0.25, 0.3) is 5.56 Å². The summed E-state index contributed by atoms with van der Waals surface area (Å²) < 4.78 is 5.97. The third-order valence-electron chi connectivity index (χ3n) is 7.31. The number of anilines is 2. The lowest BCUT2D eigenvalue weighted by Gasteiger charge is -2.37. The number of aromatic amines is 2. The van der Waals surface area contributed by atoms with Crippen molar-refractivity contribution in [3.05, 3.63) is 48.1 Å². The van der Waals surface area contributed by atoms with Crippen molar-refractivity contribution in [3.8, 4) is 11.6 Å². The van der Waals surface area contributed by atoms with E-state index in [1.807, 2.05) is 6.07 Å². The van der Waals surface area contributed by atoms with Crippen LogP contribution >= 0.6 is 0 Å². The summed E-state index contributed by atoms with van der Waals surface area (Å²) in [5.74, 6) is 1.34. The second kappa shape index (κ2) is 8.24. The molecule has 10 nitrogen and oxygen atoms in total. The van der Waals surface area contributed by atoms with E-state index in [2.05, 4.69) is 33.6 Å². The molecule has 1 aromatic heterocycles. The van der Waals surface area contributed by atoms with Gasteiger partial charge in [-0.3, -0.25) is 24.9 Å². The lowest BCUT2D eigenvalue weighted by molar-refractivity contribution is -0.385. The van der Waals surface area contributed by atoms with Crippen LogP contribution in [0, 0.1) is 22.0 Å². The fraction of sp³-hybridized carbons (Fsp3) is 0.565. The third-order valence-corrected chi connectivity index (χ3v) is 7.31. The van der Waals surface area contributed by atoms with Gasteiger partial charge in [0.05, 0.1) is 10.5 Å². The molecular formula is C23H29N5O5. The minimum atomic E-state index is -0.698. The first-order chi connectivity index (χ1) is 15.8. The summed E-state index contributed by atoms with van der Waals surface area (Å²) in [4.78, 5) is 45.3. The van der Waals surface area contributed by atoms with Gasteiger partial charge in [0, 0.05) is 43.9 Å². The van der Waals surface area contributed by atoms with Crippen LogP contribution in [0.1, 0.15) is 50.7 Å². The molecule has 0 unspecified atom stereocenters. The van der Waals surface area contributed by atoms with Crippen LogP contribution in [-0.4, -0.2) is 41.1 Å². The molecule has 0 atom stereocenters. The van der Waals surface area contributed by atoms with Gasteiger partial charge >= 0.3 is 11.4 Å². The molecule has 4 heterocycles. The Hall–Kier alpha value is -3.30. The Balaban J connectivity index is 1.69. The second-order valence-electron chi connectivity index (χ2n) is 9.66. The highest BCUT2D eigenvalue weighted by atomic mass is 16.6. The third kappa shape index (κ3) is 3.87. The molecule has 2 saturated heterocycles. The zero-order chi connectivity index (χ0) is 23.3. The molecule has 33 heavy (non-hydrogen) atoms. The van der Waals surface area contributed by atoms with Crippen molar-refractivity contribution in [2.24, 2.45) is 11.8 Å². The molecule has 5 rings (SSSR count). The summed E-state index contributed by atoms with van der Waals surface area (Å²) in [7, 11) is 0. The quantitative estimate of drug-likeness (QED) is 0.459. The van der Waals surface area contributed by atoms with Crippen molar-refractivity contribution in [1.29, 1.82) is 0 Å². The highest BCUT2D eigenvalue weighted by Crippen LogP contribution is 2.50. The van der Waals surface area contributed by atoms with Crippen molar-refractivity contribution in [2.75, 3.05) is 36.0 Å². The number of aromatic nitrogens is 2. The van der Waals surface area contributed by atoms with Crippen molar-refractivity contribution >= 4 is 17.1 Å². The Kier molecular flexibility index (Phi) is 5.38. The number of nitrogens with one attached hydrogen (secondary N) is 2. The molecule has 0 aliphatic carbocycles. The molecule has 2 fully saturated rings. The molecule has 0 saturated carbocycles. The summed E-state index contributed by atoms with van der Waals surface area (Å²) >= 11 is 0. The Bertz CT molecular complexity index is 1200. The van der Waals surface area contributed by atoms with Crippen LogP contribution in [0.4, 0.5) is 17.1 Å². The topological polar surface area (TPSA) is 125 Å². The predicted octanol–water partition coefficient (Wildman–Crippen LogP) is 3.14. The van der Waals surface area contributed by atoms with Crippen LogP contribution in [0.2, 0.25) is 0 Å². The second-order valence-corrected chi connectivity index (χ2v) is 9.66. The monoisotopic (exact) mass is 455 g/mol. The Labute approximate surface area is 190 Å². The number of hydrogen-bond acceptors (Lipinski definition) is 7. The lowest BCUT2D eigenvalue weighted by atomic mass is 9.93. The van der Waals surface area contributed by atoms with Gasteiger partial charge in [0.1, 0.15) is 5.69 Å². The van der Waals surface area contributed by atoms with Crippen molar-refractivity contribution in [1.82, 2.24) is 9.97 Å². The van der Waals surface area contributed by atoms with E-state index < -0.39 is 16.2 Å². The number of piperidine rings is 2. The number of rotatable bonds is 3. The maximum absolute atomic E-state index is 12.5. The highest BCUT2D eigenvalue weighted by Gasteiger charge is 2.37. The van der Waals surface area contributed by atoms with Gasteiger partial charge in [-0.05, 0) is 43.6 Å². The Morgan fingerprint density at radius 3 is 2.09 bits per heavy atom. The molecule has 0 bridgehead atoms. The minimum Gasteiger partial charge on any atom is -0.433 e. The SMILES string of the molecule is CC1CCN(c2cc(N3CCC(C)CC3)c([N+](=O)[O-])c3c2Cc2c([nH]c(=O)[nH]c2=O)O3)CC1. The average molecular weight is 456 g/mol. The largest absolute Gasteiger partial charge is 0.433 e. The number of nitro benzene ring substituents is 1. The zero-order valence-electron chi connectivity index (χ0n) is 19.0. The van der Waals surface area contributed by atoms with Gasteiger partial charge < -0.3 is 14.5 Å². The molecule has 0 amide bonds. The van der Waals surface area contributed by atoms with Gasteiger partial charge in [-0.1, -0.05) is 13.8 Å². The minimum absolute atomic E-state index is 0.0121. The average Bonchev–Trinajstić information content (AvgIpc) is 2.78. The first-order valence-electron chi connectivity index (χ1n) is 11.7. The normalized spacial score (nSPS) is 19.1. The number of H-pyrrole nitrogens is 2. The molecule has 10 heteroatoms.